The van der Waals surface area contributed by atoms with Crippen molar-refractivity contribution in [3.05, 3.63) is 35.4 Å². The van der Waals surface area contributed by atoms with E-state index in [1.165, 1.54) is 18.2 Å². The van der Waals surface area contributed by atoms with Crippen molar-refractivity contribution in [3.63, 3.8) is 0 Å². The summed E-state index contributed by atoms with van der Waals surface area (Å²) in [5.41, 5.74) is -0.363. The van der Waals surface area contributed by atoms with Crippen LogP contribution in [0.1, 0.15) is 31.2 Å². The molecular weight excluding hydrogens is 248 g/mol. The third-order valence-corrected chi connectivity index (χ3v) is 4.44. The second kappa shape index (κ2) is 5.55. The van der Waals surface area contributed by atoms with Gasteiger partial charge in [-0.2, -0.15) is 0 Å². The minimum atomic E-state index is -0.753. The van der Waals surface area contributed by atoms with Crippen LogP contribution in [0.25, 0.3) is 0 Å². The fraction of sp³-hybridized carbons (Fsp3) is 0.600. The molecule has 1 N–H and O–H groups in total. The van der Waals surface area contributed by atoms with Crippen LogP contribution in [-0.4, -0.2) is 35.7 Å². The van der Waals surface area contributed by atoms with E-state index in [0.29, 0.717) is 0 Å². The van der Waals surface area contributed by atoms with Gasteiger partial charge in [-0.25, -0.2) is 8.78 Å². The van der Waals surface area contributed by atoms with Crippen LogP contribution in [0.5, 0.6) is 0 Å². The van der Waals surface area contributed by atoms with E-state index >= 15 is 0 Å². The van der Waals surface area contributed by atoms with E-state index < -0.39 is 17.7 Å². The largest absolute Gasteiger partial charge is 0.391 e. The van der Waals surface area contributed by atoms with Crippen LogP contribution in [0.2, 0.25) is 0 Å². The Bertz CT molecular complexity index is 422. The zero-order valence-corrected chi connectivity index (χ0v) is 11.5. The van der Waals surface area contributed by atoms with Crippen molar-refractivity contribution in [3.8, 4) is 0 Å². The number of halogens is 2. The molecule has 0 amide bonds. The van der Waals surface area contributed by atoms with E-state index in [9.17, 15) is 13.9 Å². The number of rotatable bonds is 4. The lowest BCUT2D eigenvalue weighted by molar-refractivity contribution is -0.00339. The van der Waals surface area contributed by atoms with Gasteiger partial charge in [-0.15, -0.1) is 0 Å². The average Bonchev–Trinajstić information content (AvgIpc) is 2.84. The quantitative estimate of drug-likeness (QED) is 0.908. The molecule has 0 spiro atoms. The first kappa shape index (κ1) is 14.4. The first-order valence-electron chi connectivity index (χ1n) is 6.76. The van der Waals surface area contributed by atoms with E-state index in [1.807, 2.05) is 19.0 Å². The molecule has 0 aliphatic heterocycles. The van der Waals surface area contributed by atoms with E-state index in [2.05, 4.69) is 0 Å². The smallest absolute Gasteiger partial charge is 0.129 e. The van der Waals surface area contributed by atoms with Crippen LogP contribution >= 0.6 is 0 Å². The minimum Gasteiger partial charge on any atom is -0.391 e. The highest BCUT2D eigenvalue weighted by Gasteiger charge is 2.42. The summed E-state index contributed by atoms with van der Waals surface area (Å²) in [6, 6.07) is 3.82. The van der Waals surface area contributed by atoms with Gasteiger partial charge in [0, 0.05) is 17.5 Å². The van der Waals surface area contributed by atoms with Gasteiger partial charge in [-0.05, 0) is 39.1 Å². The van der Waals surface area contributed by atoms with Gasteiger partial charge in [0.15, 0.2) is 0 Å². The van der Waals surface area contributed by atoms with Crippen molar-refractivity contribution in [1.29, 1.82) is 0 Å². The molecule has 1 aliphatic carbocycles. The highest BCUT2D eigenvalue weighted by atomic mass is 19.1. The summed E-state index contributed by atoms with van der Waals surface area (Å²) < 4.78 is 27.3. The van der Waals surface area contributed by atoms with Gasteiger partial charge in [0.25, 0.3) is 0 Å². The Hall–Kier alpha value is -1.00. The maximum absolute atomic E-state index is 13.7. The first-order chi connectivity index (χ1) is 8.97. The molecule has 1 aromatic carbocycles. The number of aliphatic hydroxyl groups is 1. The molecule has 0 heterocycles. The maximum Gasteiger partial charge on any atom is 0.129 e. The Morgan fingerprint density at radius 1 is 1.21 bits per heavy atom. The number of benzene rings is 1. The summed E-state index contributed by atoms with van der Waals surface area (Å²) in [5, 5.41) is 10.5. The van der Waals surface area contributed by atoms with E-state index in [4.69, 9.17) is 0 Å². The summed E-state index contributed by atoms with van der Waals surface area (Å²) in [7, 11) is 3.85. The monoisotopic (exact) mass is 269 g/mol. The Morgan fingerprint density at radius 3 is 2.21 bits per heavy atom. The molecule has 1 saturated carbocycles. The standard InChI is InChI=1S/C15H21F2NO/c1-18(2)15(8-3-4-9-15)14(19)10-11-12(16)6-5-7-13(11)17/h5-7,14,19H,3-4,8-10H2,1-2H3. The molecule has 0 radical (unpaired) electrons. The Labute approximate surface area is 113 Å². The molecule has 0 saturated heterocycles. The predicted molar refractivity (Wildman–Crippen MR) is 71.0 cm³/mol. The molecule has 4 heteroatoms. The van der Waals surface area contributed by atoms with Crippen molar-refractivity contribution in [1.82, 2.24) is 4.90 Å². The van der Waals surface area contributed by atoms with Crippen LogP contribution in [-0.2, 0) is 6.42 Å². The number of likely N-dealkylation sites (N-methyl/N-ethyl adjacent to an activating group) is 1. The molecule has 1 aromatic rings. The van der Waals surface area contributed by atoms with Gasteiger partial charge in [0.1, 0.15) is 11.6 Å². The Morgan fingerprint density at radius 2 is 1.74 bits per heavy atom. The van der Waals surface area contributed by atoms with Crippen molar-refractivity contribution in [2.45, 2.75) is 43.7 Å². The highest BCUT2D eigenvalue weighted by Crippen LogP contribution is 2.38. The van der Waals surface area contributed by atoms with Gasteiger partial charge in [0.05, 0.1) is 6.10 Å². The van der Waals surface area contributed by atoms with Crippen LogP contribution in [0, 0.1) is 11.6 Å². The van der Waals surface area contributed by atoms with Crippen LogP contribution < -0.4 is 0 Å². The molecule has 19 heavy (non-hydrogen) atoms. The summed E-state index contributed by atoms with van der Waals surface area (Å²) in [5.74, 6) is -1.16. The third-order valence-electron chi connectivity index (χ3n) is 4.44. The summed E-state index contributed by atoms with van der Waals surface area (Å²) in [6.07, 6.45) is 3.12. The SMILES string of the molecule is CN(C)C1(C(O)Cc2c(F)cccc2F)CCCC1. The highest BCUT2D eigenvalue weighted by molar-refractivity contribution is 5.21. The van der Waals surface area contributed by atoms with E-state index in [-0.39, 0.29) is 17.5 Å². The number of aliphatic hydroxyl groups excluding tert-OH is 1. The number of hydrogen-bond acceptors (Lipinski definition) is 2. The number of nitrogens with zero attached hydrogens (tertiary/aromatic N) is 1. The lowest BCUT2D eigenvalue weighted by atomic mass is 9.85. The molecule has 1 unspecified atom stereocenters. The van der Waals surface area contributed by atoms with E-state index in [1.54, 1.807) is 0 Å². The van der Waals surface area contributed by atoms with Gasteiger partial charge in [-0.3, -0.25) is 0 Å². The summed E-state index contributed by atoms with van der Waals surface area (Å²) >= 11 is 0. The van der Waals surface area contributed by atoms with Gasteiger partial charge in [0.2, 0.25) is 0 Å². The van der Waals surface area contributed by atoms with Crippen molar-refractivity contribution in [2.24, 2.45) is 0 Å². The fourth-order valence-corrected chi connectivity index (χ4v) is 3.18. The normalized spacial score (nSPS) is 19.9. The van der Waals surface area contributed by atoms with Crippen LogP contribution in [0.3, 0.4) is 0 Å². The molecular formula is C15H21F2NO. The van der Waals surface area contributed by atoms with Gasteiger partial charge >= 0.3 is 0 Å². The van der Waals surface area contributed by atoms with Crippen molar-refractivity contribution in [2.75, 3.05) is 14.1 Å². The minimum absolute atomic E-state index is 0.0110. The molecule has 2 rings (SSSR count). The molecule has 106 valence electrons. The van der Waals surface area contributed by atoms with Crippen molar-refractivity contribution < 1.29 is 13.9 Å². The first-order valence-corrected chi connectivity index (χ1v) is 6.76. The van der Waals surface area contributed by atoms with E-state index in [0.717, 1.165) is 25.7 Å². The summed E-state index contributed by atoms with van der Waals surface area (Å²) in [6.45, 7) is 0. The van der Waals surface area contributed by atoms with Crippen molar-refractivity contribution >= 4 is 0 Å². The Balaban J connectivity index is 2.22. The molecule has 1 atom stereocenters. The Kier molecular flexibility index (Phi) is 4.21. The zero-order chi connectivity index (χ0) is 14.0. The topological polar surface area (TPSA) is 23.5 Å². The molecule has 0 bridgehead atoms. The summed E-state index contributed by atoms with van der Waals surface area (Å²) in [4.78, 5) is 2.00. The zero-order valence-electron chi connectivity index (χ0n) is 11.5. The lowest BCUT2D eigenvalue weighted by Crippen LogP contribution is -2.52. The molecule has 1 aliphatic rings. The second-order valence-corrected chi connectivity index (χ2v) is 5.63. The van der Waals surface area contributed by atoms with Gasteiger partial charge < -0.3 is 10.0 Å². The molecule has 0 aromatic heterocycles. The lowest BCUT2D eigenvalue weighted by Gasteiger charge is -2.40. The molecule has 2 nitrogen and oxygen atoms in total. The second-order valence-electron chi connectivity index (χ2n) is 5.63. The number of hydrogen-bond donors (Lipinski definition) is 1. The van der Waals surface area contributed by atoms with Crippen LogP contribution in [0.4, 0.5) is 8.78 Å². The maximum atomic E-state index is 13.7. The molecule has 1 fully saturated rings. The van der Waals surface area contributed by atoms with Crippen LogP contribution in [0.15, 0.2) is 18.2 Å². The van der Waals surface area contributed by atoms with Gasteiger partial charge in [-0.1, -0.05) is 18.9 Å². The fourth-order valence-electron chi connectivity index (χ4n) is 3.18. The third kappa shape index (κ3) is 2.65. The average molecular weight is 269 g/mol. The predicted octanol–water partition coefficient (Wildman–Crippen LogP) is 2.74.